The molecular formula is C11H15FN2O. The minimum Gasteiger partial charge on any atom is -0.398 e. The van der Waals surface area contributed by atoms with Gasteiger partial charge in [-0.05, 0) is 24.1 Å². The maximum atomic E-state index is 13.4. The van der Waals surface area contributed by atoms with E-state index in [1.165, 1.54) is 11.0 Å². The molecule has 0 saturated heterocycles. The van der Waals surface area contributed by atoms with Gasteiger partial charge in [0.2, 0.25) is 5.91 Å². The van der Waals surface area contributed by atoms with Crippen LogP contribution < -0.4 is 5.73 Å². The van der Waals surface area contributed by atoms with E-state index in [1.54, 1.807) is 27.1 Å². The van der Waals surface area contributed by atoms with Crippen molar-refractivity contribution in [1.29, 1.82) is 0 Å². The van der Waals surface area contributed by atoms with Crippen molar-refractivity contribution in [3.8, 4) is 0 Å². The topological polar surface area (TPSA) is 46.3 Å². The van der Waals surface area contributed by atoms with Gasteiger partial charge < -0.3 is 10.6 Å². The highest BCUT2D eigenvalue weighted by atomic mass is 19.1. The number of halogens is 1. The second-order valence-electron chi connectivity index (χ2n) is 3.77. The zero-order valence-corrected chi connectivity index (χ0v) is 9.17. The Balaban J connectivity index is 2.96. The van der Waals surface area contributed by atoms with E-state index in [0.29, 0.717) is 11.3 Å². The average Bonchev–Trinajstić information content (AvgIpc) is 2.13. The molecule has 1 amide bonds. The third kappa shape index (κ3) is 2.68. The normalized spacial score (nSPS) is 10.1. The number of aryl methyl sites for hydroxylation is 1. The number of likely N-dealkylation sites (N-methyl/N-ethyl adjacent to an activating group) is 1. The Morgan fingerprint density at radius 3 is 2.60 bits per heavy atom. The molecule has 0 unspecified atom stereocenters. The van der Waals surface area contributed by atoms with E-state index < -0.39 is 5.82 Å². The lowest BCUT2D eigenvalue weighted by Gasteiger charge is -2.11. The van der Waals surface area contributed by atoms with Crippen molar-refractivity contribution >= 4 is 11.6 Å². The van der Waals surface area contributed by atoms with E-state index in [9.17, 15) is 9.18 Å². The van der Waals surface area contributed by atoms with Gasteiger partial charge in [-0.3, -0.25) is 4.79 Å². The molecule has 0 fully saturated rings. The number of anilines is 1. The number of carbonyl (C=O) groups excluding carboxylic acids is 1. The molecule has 82 valence electrons. The van der Waals surface area contributed by atoms with E-state index in [2.05, 4.69) is 0 Å². The summed E-state index contributed by atoms with van der Waals surface area (Å²) in [6, 6.07) is 2.87. The smallest absolute Gasteiger partial charge is 0.226 e. The Morgan fingerprint density at radius 1 is 1.47 bits per heavy atom. The number of hydrogen-bond donors (Lipinski definition) is 1. The summed E-state index contributed by atoms with van der Waals surface area (Å²) < 4.78 is 13.4. The monoisotopic (exact) mass is 210 g/mol. The molecule has 0 spiro atoms. The fraction of sp³-hybridized carbons (Fsp3) is 0.364. The van der Waals surface area contributed by atoms with Crippen molar-refractivity contribution in [3.63, 3.8) is 0 Å². The number of rotatable bonds is 2. The molecular weight excluding hydrogens is 195 g/mol. The number of nitrogen functional groups attached to an aromatic ring is 1. The molecule has 2 N–H and O–H groups in total. The molecule has 0 aliphatic carbocycles. The Labute approximate surface area is 88.7 Å². The van der Waals surface area contributed by atoms with Gasteiger partial charge in [-0.1, -0.05) is 6.07 Å². The minimum atomic E-state index is -0.423. The molecule has 0 heterocycles. The first-order valence-electron chi connectivity index (χ1n) is 4.66. The summed E-state index contributed by atoms with van der Waals surface area (Å²) in [6.45, 7) is 1.79. The maximum Gasteiger partial charge on any atom is 0.226 e. The third-order valence-electron chi connectivity index (χ3n) is 2.28. The third-order valence-corrected chi connectivity index (χ3v) is 2.28. The van der Waals surface area contributed by atoms with Crippen LogP contribution in [0.25, 0.3) is 0 Å². The molecule has 0 aliphatic rings. The quantitative estimate of drug-likeness (QED) is 0.749. The van der Waals surface area contributed by atoms with Crippen LogP contribution in [0.2, 0.25) is 0 Å². The first-order valence-corrected chi connectivity index (χ1v) is 4.66. The van der Waals surface area contributed by atoms with E-state index in [4.69, 9.17) is 5.73 Å². The van der Waals surface area contributed by atoms with Crippen molar-refractivity contribution < 1.29 is 9.18 Å². The van der Waals surface area contributed by atoms with Crippen LogP contribution in [0.4, 0.5) is 10.1 Å². The molecule has 0 atom stereocenters. The maximum absolute atomic E-state index is 13.4. The van der Waals surface area contributed by atoms with Crippen LogP contribution >= 0.6 is 0 Å². The van der Waals surface area contributed by atoms with Crippen molar-refractivity contribution in [3.05, 3.63) is 29.1 Å². The second kappa shape index (κ2) is 4.29. The van der Waals surface area contributed by atoms with Crippen LogP contribution in [0.3, 0.4) is 0 Å². The van der Waals surface area contributed by atoms with Gasteiger partial charge in [-0.15, -0.1) is 0 Å². The minimum absolute atomic E-state index is 0.0694. The molecule has 0 bridgehead atoms. The largest absolute Gasteiger partial charge is 0.398 e. The van der Waals surface area contributed by atoms with E-state index >= 15 is 0 Å². The molecule has 0 aliphatic heterocycles. The standard InChI is InChI=1S/C11H15FN2O/c1-7-4-8(5-11(15)14(2)3)9(12)6-10(7)13/h4,6H,5,13H2,1-3H3. The number of nitrogens with zero attached hydrogens (tertiary/aromatic N) is 1. The number of hydrogen-bond acceptors (Lipinski definition) is 2. The zero-order chi connectivity index (χ0) is 11.6. The summed E-state index contributed by atoms with van der Waals surface area (Å²) in [5.74, 6) is -0.550. The van der Waals surface area contributed by atoms with E-state index in [1.807, 2.05) is 0 Å². The van der Waals surface area contributed by atoms with Crippen molar-refractivity contribution in [2.75, 3.05) is 19.8 Å². The van der Waals surface area contributed by atoms with Crippen LogP contribution in [-0.2, 0) is 11.2 Å². The first-order chi connectivity index (χ1) is 6.91. The highest BCUT2D eigenvalue weighted by molar-refractivity contribution is 5.78. The lowest BCUT2D eigenvalue weighted by molar-refractivity contribution is -0.128. The Kier molecular flexibility index (Phi) is 3.29. The summed E-state index contributed by atoms with van der Waals surface area (Å²) >= 11 is 0. The summed E-state index contributed by atoms with van der Waals surface area (Å²) in [5, 5.41) is 0. The highest BCUT2D eigenvalue weighted by Gasteiger charge is 2.11. The SMILES string of the molecule is Cc1cc(CC(=O)N(C)C)c(F)cc1N. The van der Waals surface area contributed by atoms with E-state index in [0.717, 1.165) is 5.56 Å². The van der Waals surface area contributed by atoms with Crippen LogP contribution in [-0.4, -0.2) is 24.9 Å². The lowest BCUT2D eigenvalue weighted by atomic mass is 10.1. The molecule has 3 nitrogen and oxygen atoms in total. The predicted molar refractivity (Wildman–Crippen MR) is 57.9 cm³/mol. The summed E-state index contributed by atoms with van der Waals surface area (Å²) in [5.41, 5.74) is 7.13. The van der Waals surface area contributed by atoms with Gasteiger partial charge in [-0.2, -0.15) is 0 Å². The Hall–Kier alpha value is -1.58. The molecule has 1 rings (SSSR count). The predicted octanol–water partition coefficient (Wildman–Crippen LogP) is 1.35. The molecule has 4 heteroatoms. The number of amides is 1. The molecule has 0 saturated carbocycles. The highest BCUT2D eigenvalue weighted by Crippen LogP contribution is 2.17. The fourth-order valence-electron chi connectivity index (χ4n) is 1.21. The molecule has 1 aromatic carbocycles. The van der Waals surface area contributed by atoms with Gasteiger partial charge >= 0.3 is 0 Å². The van der Waals surface area contributed by atoms with Gasteiger partial charge in [-0.25, -0.2) is 4.39 Å². The first kappa shape index (κ1) is 11.5. The summed E-state index contributed by atoms with van der Waals surface area (Å²) in [6.07, 6.45) is 0.0694. The van der Waals surface area contributed by atoms with Gasteiger partial charge in [0, 0.05) is 19.8 Å². The zero-order valence-electron chi connectivity index (χ0n) is 9.17. The number of nitrogens with two attached hydrogens (primary N) is 1. The number of carbonyl (C=O) groups is 1. The van der Waals surface area contributed by atoms with Gasteiger partial charge in [0.05, 0.1) is 6.42 Å². The Bertz CT molecular complexity index is 388. The van der Waals surface area contributed by atoms with Crippen LogP contribution in [0, 0.1) is 12.7 Å². The fourth-order valence-corrected chi connectivity index (χ4v) is 1.21. The van der Waals surface area contributed by atoms with Gasteiger partial charge in [0.15, 0.2) is 0 Å². The second-order valence-corrected chi connectivity index (χ2v) is 3.77. The molecule has 15 heavy (non-hydrogen) atoms. The Morgan fingerprint density at radius 2 is 2.07 bits per heavy atom. The summed E-state index contributed by atoms with van der Waals surface area (Å²) in [4.78, 5) is 12.8. The van der Waals surface area contributed by atoms with Crippen molar-refractivity contribution in [2.45, 2.75) is 13.3 Å². The van der Waals surface area contributed by atoms with Crippen molar-refractivity contribution in [1.82, 2.24) is 4.90 Å². The molecule has 0 radical (unpaired) electrons. The average molecular weight is 210 g/mol. The molecule has 1 aromatic rings. The van der Waals surface area contributed by atoms with Crippen molar-refractivity contribution in [2.24, 2.45) is 0 Å². The van der Waals surface area contributed by atoms with E-state index in [-0.39, 0.29) is 12.3 Å². The van der Waals surface area contributed by atoms with Gasteiger partial charge in [0.25, 0.3) is 0 Å². The summed E-state index contributed by atoms with van der Waals surface area (Å²) in [7, 11) is 3.29. The lowest BCUT2D eigenvalue weighted by Crippen LogP contribution is -2.24. The van der Waals surface area contributed by atoms with Crippen LogP contribution in [0.15, 0.2) is 12.1 Å². The van der Waals surface area contributed by atoms with Gasteiger partial charge in [0.1, 0.15) is 5.82 Å². The van der Waals surface area contributed by atoms with Crippen LogP contribution in [0.1, 0.15) is 11.1 Å². The molecule has 0 aromatic heterocycles. The number of benzene rings is 1. The van der Waals surface area contributed by atoms with Crippen LogP contribution in [0.5, 0.6) is 0 Å².